The van der Waals surface area contributed by atoms with Gasteiger partial charge in [0.05, 0.1) is 11.3 Å². The Bertz CT molecular complexity index is 835. The van der Waals surface area contributed by atoms with Gasteiger partial charge < -0.3 is 10.6 Å². The van der Waals surface area contributed by atoms with Gasteiger partial charge in [-0.15, -0.1) is 0 Å². The van der Waals surface area contributed by atoms with Gasteiger partial charge >= 0.3 is 18.0 Å². The quantitative estimate of drug-likeness (QED) is 0.727. The summed E-state index contributed by atoms with van der Waals surface area (Å²) in [6.07, 6.45) is -4.73. The van der Waals surface area contributed by atoms with Gasteiger partial charge in [0.25, 0.3) is 0 Å². The second kappa shape index (κ2) is 7.78. The summed E-state index contributed by atoms with van der Waals surface area (Å²) in [4.78, 5) is 24.1. The van der Waals surface area contributed by atoms with E-state index < -0.39 is 29.2 Å². The maximum Gasteiger partial charge on any atom is 0.418 e. The van der Waals surface area contributed by atoms with Crippen molar-refractivity contribution < 1.29 is 22.8 Å². The largest absolute Gasteiger partial charge is 0.418 e. The Morgan fingerprint density at radius 3 is 2.12 bits per heavy atom. The van der Waals surface area contributed by atoms with Gasteiger partial charge in [0.1, 0.15) is 0 Å². The van der Waals surface area contributed by atoms with Crippen LogP contribution in [0.4, 0.5) is 24.5 Å². The van der Waals surface area contributed by atoms with Gasteiger partial charge in [-0.05, 0) is 35.7 Å². The van der Waals surface area contributed by atoms with Crippen LogP contribution in [0.15, 0.2) is 42.5 Å². The SMILES string of the molecule is CC(C)c1ccccc1NC(=O)C(=O)Nc1ccc(Cl)cc1C(F)(F)F. The van der Waals surface area contributed by atoms with Crippen LogP contribution < -0.4 is 10.6 Å². The molecule has 0 saturated carbocycles. The van der Waals surface area contributed by atoms with E-state index in [1.807, 2.05) is 19.2 Å². The molecule has 0 fully saturated rings. The Kier molecular flexibility index (Phi) is 5.92. The fourth-order valence-corrected chi connectivity index (χ4v) is 2.50. The van der Waals surface area contributed by atoms with E-state index >= 15 is 0 Å². The summed E-state index contributed by atoms with van der Waals surface area (Å²) in [5, 5.41) is 4.27. The lowest BCUT2D eigenvalue weighted by atomic mass is 10.0. The average molecular weight is 385 g/mol. The van der Waals surface area contributed by atoms with Crippen LogP contribution in [0.2, 0.25) is 5.02 Å². The molecular formula is C18H16ClF3N2O2. The molecule has 2 aromatic rings. The summed E-state index contributed by atoms with van der Waals surface area (Å²) in [7, 11) is 0. The molecule has 2 aromatic carbocycles. The number of hydrogen-bond acceptors (Lipinski definition) is 2. The number of para-hydroxylation sites is 1. The first-order valence-corrected chi connectivity index (χ1v) is 8.05. The molecule has 4 nitrogen and oxygen atoms in total. The molecule has 26 heavy (non-hydrogen) atoms. The van der Waals surface area contributed by atoms with Crippen molar-refractivity contribution in [1.29, 1.82) is 0 Å². The molecule has 0 heterocycles. The maximum absolute atomic E-state index is 13.1. The van der Waals surface area contributed by atoms with E-state index in [4.69, 9.17) is 11.6 Å². The zero-order chi connectivity index (χ0) is 19.5. The third-order valence-electron chi connectivity index (χ3n) is 3.57. The molecule has 0 radical (unpaired) electrons. The lowest BCUT2D eigenvalue weighted by molar-refractivity contribution is -0.137. The number of nitrogens with one attached hydrogen (secondary N) is 2. The standard InChI is InChI=1S/C18H16ClF3N2O2/c1-10(2)12-5-3-4-6-14(12)23-16(25)17(26)24-15-8-7-11(19)9-13(15)18(20,21)22/h3-10H,1-2H3,(H,23,25)(H,24,26). The topological polar surface area (TPSA) is 58.2 Å². The molecule has 0 aromatic heterocycles. The number of amides is 2. The number of benzene rings is 2. The Hall–Kier alpha value is -2.54. The summed E-state index contributed by atoms with van der Waals surface area (Å²) in [5.41, 5.74) is -0.446. The zero-order valence-electron chi connectivity index (χ0n) is 13.9. The molecule has 0 atom stereocenters. The molecule has 0 saturated heterocycles. The third-order valence-corrected chi connectivity index (χ3v) is 3.81. The third kappa shape index (κ3) is 4.76. The minimum atomic E-state index is -4.73. The van der Waals surface area contributed by atoms with Crippen molar-refractivity contribution in [3.63, 3.8) is 0 Å². The molecule has 138 valence electrons. The van der Waals surface area contributed by atoms with Crippen molar-refractivity contribution in [2.24, 2.45) is 0 Å². The highest BCUT2D eigenvalue weighted by Crippen LogP contribution is 2.36. The maximum atomic E-state index is 13.1. The second-order valence-corrected chi connectivity index (χ2v) is 6.27. The number of carbonyl (C=O) groups is 2. The summed E-state index contributed by atoms with van der Waals surface area (Å²) in [6.45, 7) is 3.82. The molecule has 0 aliphatic rings. The van der Waals surface area contributed by atoms with Gasteiger partial charge in [-0.25, -0.2) is 0 Å². The van der Waals surface area contributed by atoms with Gasteiger partial charge in [0.15, 0.2) is 0 Å². The minimum absolute atomic E-state index is 0.0858. The van der Waals surface area contributed by atoms with Crippen molar-refractivity contribution in [3.05, 3.63) is 58.6 Å². The van der Waals surface area contributed by atoms with Crippen LogP contribution in [0.5, 0.6) is 0 Å². The van der Waals surface area contributed by atoms with Gasteiger partial charge in [0, 0.05) is 10.7 Å². The van der Waals surface area contributed by atoms with E-state index in [2.05, 4.69) is 5.32 Å². The average Bonchev–Trinajstić information content (AvgIpc) is 2.55. The number of halogens is 4. The Balaban J connectivity index is 2.20. The first kappa shape index (κ1) is 19.8. The second-order valence-electron chi connectivity index (χ2n) is 5.84. The first-order valence-electron chi connectivity index (χ1n) is 7.67. The predicted molar refractivity (Wildman–Crippen MR) is 94.2 cm³/mol. The van der Waals surface area contributed by atoms with Crippen molar-refractivity contribution in [2.75, 3.05) is 10.6 Å². The Morgan fingerprint density at radius 2 is 1.54 bits per heavy atom. The molecule has 0 unspecified atom stereocenters. The minimum Gasteiger partial charge on any atom is -0.318 e. The fraction of sp³-hybridized carbons (Fsp3) is 0.222. The highest BCUT2D eigenvalue weighted by atomic mass is 35.5. The summed E-state index contributed by atoms with van der Waals surface area (Å²) >= 11 is 5.58. The predicted octanol–water partition coefficient (Wildman–Crippen LogP) is 5.06. The first-order chi connectivity index (χ1) is 12.1. The molecule has 8 heteroatoms. The van der Waals surface area contributed by atoms with Crippen LogP contribution in [-0.2, 0) is 15.8 Å². The fourth-order valence-electron chi connectivity index (χ4n) is 2.33. The van der Waals surface area contributed by atoms with Crippen molar-refractivity contribution in [2.45, 2.75) is 25.9 Å². The molecular weight excluding hydrogens is 369 g/mol. The van der Waals surface area contributed by atoms with Gasteiger partial charge in [-0.1, -0.05) is 43.6 Å². The molecule has 0 aliphatic heterocycles. The van der Waals surface area contributed by atoms with E-state index in [0.29, 0.717) is 11.8 Å². The van der Waals surface area contributed by atoms with Gasteiger partial charge in [-0.2, -0.15) is 13.2 Å². The lowest BCUT2D eigenvalue weighted by Gasteiger charge is -2.15. The van der Waals surface area contributed by atoms with Crippen LogP contribution in [0.1, 0.15) is 30.9 Å². The van der Waals surface area contributed by atoms with Crippen molar-refractivity contribution in [3.8, 4) is 0 Å². The lowest BCUT2D eigenvalue weighted by Crippen LogP contribution is -2.30. The Morgan fingerprint density at radius 1 is 0.962 bits per heavy atom. The zero-order valence-corrected chi connectivity index (χ0v) is 14.7. The summed E-state index contributed by atoms with van der Waals surface area (Å²) in [5.74, 6) is -2.19. The monoisotopic (exact) mass is 384 g/mol. The molecule has 2 rings (SSSR count). The molecule has 0 spiro atoms. The summed E-state index contributed by atoms with van der Waals surface area (Å²) < 4.78 is 39.2. The van der Waals surface area contributed by atoms with Crippen LogP contribution in [0.3, 0.4) is 0 Å². The van der Waals surface area contributed by atoms with Crippen molar-refractivity contribution in [1.82, 2.24) is 0 Å². The van der Waals surface area contributed by atoms with Crippen molar-refractivity contribution >= 4 is 34.8 Å². The van der Waals surface area contributed by atoms with E-state index in [0.717, 1.165) is 11.6 Å². The highest BCUT2D eigenvalue weighted by molar-refractivity contribution is 6.43. The molecule has 2 N–H and O–H groups in total. The van der Waals surface area contributed by atoms with Gasteiger partial charge in [0.2, 0.25) is 0 Å². The van der Waals surface area contributed by atoms with E-state index in [-0.39, 0.29) is 10.9 Å². The molecule has 2 amide bonds. The van der Waals surface area contributed by atoms with Gasteiger partial charge in [-0.3, -0.25) is 9.59 Å². The van der Waals surface area contributed by atoms with Crippen LogP contribution in [-0.4, -0.2) is 11.8 Å². The number of hydrogen-bond donors (Lipinski definition) is 2. The Labute approximate surface area is 153 Å². The van der Waals surface area contributed by atoms with Crippen LogP contribution >= 0.6 is 11.6 Å². The molecule has 0 bridgehead atoms. The van der Waals surface area contributed by atoms with E-state index in [9.17, 15) is 22.8 Å². The van der Waals surface area contributed by atoms with E-state index in [1.165, 1.54) is 6.07 Å². The van der Waals surface area contributed by atoms with Crippen LogP contribution in [0, 0.1) is 0 Å². The summed E-state index contributed by atoms with van der Waals surface area (Å²) in [6, 6.07) is 9.75. The van der Waals surface area contributed by atoms with Crippen LogP contribution in [0.25, 0.3) is 0 Å². The number of alkyl halides is 3. The smallest absolute Gasteiger partial charge is 0.318 e. The number of carbonyl (C=O) groups excluding carboxylic acids is 2. The molecule has 0 aliphatic carbocycles. The number of rotatable bonds is 3. The van der Waals surface area contributed by atoms with E-state index in [1.54, 1.807) is 24.3 Å². The number of anilines is 2. The normalized spacial score (nSPS) is 11.3. The highest BCUT2D eigenvalue weighted by Gasteiger charge is 2.34.